The van der Waals surface area contributed by atoms with Crippen molar-refractivity contribution in [2.45, 2.75) is 45.2 Å². The molecule has 1 aliphatic heterocycles. The monoisotopic (exact) mass is 328 g/mol. The Balaban J connectivity index is 1.68. The zero-order valence-electron chi connectivity index (χ0n) is 14.7. The second-order valence-electron chi connectivity index (χ2n) is 6.75. The van der Waals surface area contributed by atoms with Gasteiger partial charge in [-0.1, -0.05) is 13.8 Å². The molecule has 0 fully saturated rings. The molecule has 2 aromatic heterocycles. The van der Waals surface area contributed by atoms with Crippen LogP contribution in [0.2, 0.25) is 0 Å². The molecule has 0 saturated carbocycles. The fourth-order valence-corrected chi connectivity index (χ4v) is 2.95. The minimum absolute atomic E-state index is 0.0829. The third kappa shape index (κ3) is 3.25. The molecule has 24 heavy (non-hydrogen) atoms. The lowest BCUT2D eigenvalue weighted by Crippen LogP contribution is -2.41. The maximum absolute atomic E-state index is 12.5. The van der Waals surface area contributed by atoms with E-state index >= 15 is 0 Å². The Bertz CT molecular complexity index is 719. The summed E-state index contributed by atoms with van der Waals surface area (Å²) in [4.78, 5) is 18.7. The molecule has 3 heterocycles. The molecule has 7 heteroatoms. The third-order valence-electron chi connectivity index (χ3n) is 4.30. The van der Waals surface area contributed by atoms with Crippen LogP contribution in [0.5, 0.6) is 0 Å². The van der Waals surface area contributed by atoms with E-state index < -0.39 is 0 Å². The first-order chi connectivity index (χ1) is 11.5. The van der Waals surface area contributed by atoms with Crippen molar-refractivity contribution < 1.29 is 4.79 Å². The van der Waals surface area contributed by atoms with E-state index in [0.717, 1.165) is 36.9 Å². The van der Waals surface area contributed by atoms with E-state index in [2.05, 4.69) is 38.9 Å². The Morgan fingerprint density at radius 3 is 2.75 bits per heavy atom. The fraction of sp³-hybridized carbons (Fsp3) is 0.529. The quantitative estimate of drug-likeness (QED) is 0.923. The number of carbonyl (C=O) groups excluding carboxylic acids is 1. The lowest BCUT2D eigenvalue weighted by atomic mass is 10.1. The van der Waals surface area contributed by atoms with Gasteiger partial charge in [-0.2, -0.15) is 0 Å². The van der Waals surface area contributed by atoms with E-state index in [-0.39, 0.29) is 11.9 Å². The molecular formula is C17H24N6O. The van der Waals surface area contributed by atoms with Gasteiger partial charge in [0.15, 0.2) is 0 Å². The van der Waals surface area contributed by atoms with Crippen LogP contribution in [0.25, 0.3) is 0 Å². The summed E-state index contributed by atoms with van der Waals surface area (Å²) in [6.45, 7) is 4.94. The summed E-state index contributed by atoms with van der Waals surface area (Å²) in [7, 11) is 3.85. The van der Waals surface area contributed by atoms with Crippen molar-refractivity contribution in [1.82, 2.24) is 25.1 Å². The number of nitrogens with zero attached hydrogens (tertiary/aromatic N) is 5. The second-order valence-corrected chi connectivity index (χ2v) is 6.75. The molecule has 7 nitrogen and oxygen atoms in total. The first kappa shape index (κ1) is 16.4. The first-order valence-corrected chi connectivity index (χ1v) is 8.32. The Labute approximate surface area is 142 Å². The highest BCUT2D eigenvalue weighted by Crippen LogP contribution is 2.20. The molecule has 0 aliphatic carbocycles. The lowest BCUT2D eigenvalue weighted by molar-refractivity contribution is 0.0927. The summed E-state index contributed by atoms with van der Waals surface area (Å²) in [5.74, 6) is 3.07. The zero-order chi connectivity index (χ0) is 17.3. The number of hydrogen-bond donors (Lipinski definition) is 1. The SMILES string of the molecule is CC(C)c1nnc2n1C[C@H](NC(=O)c1ccc(N(C)C)nc1)CC2. The van der Waals surface area contributed by atoms with Crippen LogP contribution in [0.1, 0.15) is 48.2 Å². The number of carbonyl (C=O) groups is 1. The maximum atomic E-state index is 12.5. The van der Waals surface area contributed by atoms with Crippen LogP contribution in [0.3, 0.4) is 0 Å². The minimum atomic E-state index is -0.0829. The van der Waals surface area contributed by atoms with Crippen molar-refractivity contribution in [3.8, 4) is 0 Å². The van der Waals surface area contributed by atoms with Crippen LogP contribution >= 0.6 is 0 Å². The summed E-state index contributed by atoms with van der Waals surface area (Å²) in [6, 6.07) is 3.75. The number of aromatic nitrogens is 4. The van der Waals surface area contributed by atoms with Gasteiger partial charge < -0.3 is 14.8 Å². The van der Waals surface area contributed by atoms with Crippen LogP contribution < -0.4 is 10.2 Å². The molecule has 0 unspecified atom stereocenters. The van der Waals surface area contributed by atoms with Crippen LogP contribution in [-0.2, 0) is 13.0 Å². The Morgan fingerprint density at radius 1 is 1.33 bits per heavy atom. The molecule has 0 aromatic carbocycles. The van der Waals surface area contributed by atoms with Gasteiger partial charge in [-0.25, -0.2) is 4.98 Å². The molecule has 128 valence electrons. The van der Waals surface area contributed by atoms with Gasteiger partial charge in [0, 0.05) is 45.2 Å². The molecule has 1 amide bonds. The van der Waals surface area contributed by atoms with E-state index in [1.54, 1.807) is 6.20 Å². The van der Waals surface area contributed by atoms with Gasteiger partial charge >= 0.3 is 0 Å². The molecule has 1 N–H and O–H groups in total. The highest BCUT2D eigenvalue weighted by atomic mass is 16.1. The standard InChI is InChI=1S/C17H24N6O/c1-11(2)16-21-20-15-8-6-13(10-23(15)16)19-17(24)12-5-7-14(18-9-12)22(3)4/h5,7,9,11,13H,6,8,10H2,1-4H3,(H,19,24)/t13-/m1/s1. The number of fused-ring (bicyclic) bond motifs is 1. The van der Waals surface area contributed by atoms with Crippen molar-refractivity contribution in [1.29, 1.82) is 0 Å². The van der Waals surface area contributed by atoms with Crippen molar-refractivity contribution in [3.63, 3.8) is 0 Å². The predicted molar refractivity (Wildman–Crippen MR) is 92.3 cm³/mol. The molecule has 0 spiro atoms. The molecule has 1 aliphatic rings. The summed E-state index contributed by atoms with van der Waals surface area (Å²) >= 11 is 0. The molecule has 3 rings (SSSR count). The van der Waals surface area contributed by atoms with E-state index in [4.69, 9.17) is 0 Å². The number of aryl methyl sites for hydroxylation is 1. The van der Waals surface area contributed by atoms with Gasteiger partial charge in [-0.3, -0.25) is 4.79 Å². The lowest BCUT2D eigenvalue weighted by Gasteiger charge is -2.26. The van der Waals surface area contributed by atoms with Gasteiger partial charge in [0.05, 0.1) is 5.56 Å². The predicted octanol–water partition coefficient (Wildman–Crippen LogP) is 1.61. The highest BCUT2D eigenvalue weighted by molar-refractivity contribution is 5.94. The third-order valence-corrected chi connectivity index (χ3v) is 4.30. The number of nitrogens with one attached hydrogen (secondary N) is 1. The molecule has 0 radical (unpaired) electrons. The van der Waals surface area contributed by atoms with Gasteiger partial charge in [-0.05, 0) is 18.6 Å². The van der Waals surface area contributed by atoms with E-state index in [1.807, 2.05) is 31.1 Å². The summed E-state index contributed by atoms with van der Waals surface area (Å²) in [6.07, 6.45) is 3.34. The average Bonchev–Trinajstić information content (AvgIpc) is 2.98. The zero-order valence-corrected chi connectivity index (χ0v) is 14.7. The fourth-order valence-electron chi connectivity index (χ4n) is 2.95. The van der Waals surface area contributed by atoms with Crippen molar-refractivity contribution in [3.05, 3.63) is 35.5 Å². The van der Waals surface area contributed by atoms with E-state index in [0.29, 0.717) is 11.5 Å². The summed E-state index contributed by atoms with van der Waals surface area (Å²) < 4.78 is 2.15. The molecule has 0 saturated heterocycles. The number of pyridine rings is 1. The molecule has 2 aromatic rings. The smallest absolute Gasteiger partial charge is 0.253 e. The van der Waals surface area contributed by atoms with Crippen molar-refractivity contribution in [2.75, 3.05) is 19.0 Å². The number of anilines is 1. The number of amides is 1. The number of rotatable bonds is 4. The second kappa shape index (κ2) is 6.59. The largest absolute Gasteiger partial charge is 0.363 e. The van der Waals surface area contributed by atoms with E-state index in [1.165, 1.54) is 0 Å². The minimum Gasteiger partial charge on any atom is -0.363 e. The maximum Gasteiger partial charge on any atom is 0.253 e. The van der Waals surface area contributed by atoms with Gasteiger partial charge in [0.25, 0.3) is 5.91 Å². The first-order valence-electron chi connectivity index (χ1n) is 8.32. The molecule has 1 atom stereocenters. The van der Waals surface area contributed by atoms with Crippen LogP contribution in [0.15, 0.2) is 18.3 Å². The summed E-state index contributed by atoms with van der Waals surface area (Å²) in [5, 5.41) is 11.7. The van der Waals surface area contributed by atoms with Crippen molar-refractivity contribution in [2.24, 2.45) is 0 Å². The van der Waals surface area contributed by atoms with Crippen molar-refractivity contribution >= 4 is 11.7 Å². The van der Waals surface area contributed by atoms with Gasteiger partial charge in [0.2, 0.25) is 0 Å². The summed E-state index contributed by atoms with van der Waals surface area (Å²) in [5.41, 5.74) is 0.583. The Morgan fingerprint density at radius 2 is 2.12 bits per heavy atom. The average molecular weight is 328 g/mol. The van der Waals surface area contributed by atoms with E-state index in [9.17, 15) is 4.79 Å². The topological polar surface area (TPSA) is 75.9 Å². The van der Waals surface area contributed by atoms with Crippen LogP contribution in [0, 0.1) is 0 Å². The van der Waals surface area contributed by atoms with Crippen LogP contribution in [0.4, 0.5) is 5.82 Å². The Kier molecular flexibility index (Phi) is 4.51. The highest BCUT2D eigenvalue weighted by Gasteiger charge is 2.25. The normalized spacial score (nSPS) is 16.8. The van der Waals surface area contributed by atoms with Gasteiger partial charge in [-0.15, -0.1) is 10.2 Å². The Hall–Kier alpha value is -2.44. The molecule has 0 bridgehead atoms. The number of hydrogen-bond acceptors (Lipinski definition) is 5. The van der Waals surface area contributed by atoms with Gasteiger partial charge in [0.1, 0.15) is 17.5 Å². The van der Waals surface area contributed by atoms with Crippen LogP contribution in [-0.4, -0.2) is 45.8 Å². The molecular weight excluding hydrogens is 304 g/mol.